The van der Waals surface area contributed by atoms with Gasteiger partial charge in [-0.25, -0.2) is 4.79 Å². The Bertz CT molecular complexity index is 309. The highest BCUT2D eigenvalue weighted by atomic mass is 16.2. The van der Waals surface area contributed by atoms with Gasteiger partial charge in [-0.3, -0.25) is 15.0 Å². The molecule has 110 valence electrons. The molecule has 0 spiro atoms. The Hall–Kier alpha value is -1.14. The fourth-order valence-electron chi connectivity index (χ4n) is 2.38. The zero-order chi connectivity index (χ0) is 14.3. The summed E-state index contributed by atoms with van der Waals surface area (Å²) in [6.45, 7) is 6.49. The molecule has 1 aliphatic heterocycles. The number of imide groups is 1. The van der Waals surface area contributed by atoms with Crippen LogP contribution in [0.1, 0.15) is 33.1 Å². The quantitative estimate of drug-likeness (QED) is 0.605. The molecule has 2 atom stereocenters. The molecule has 19 heavy (non-hydrogen) atoms. The van der Waals surface area contributed by atoms with E-state index in [1.54, 1.807) is 0 Å². The number of nitrogens with one attached hydrogen (secondary N) is 2. The van der Waals surface area contributed by atoms with E-state index in [1.165, 1.54) is 0 Å². The fourth-order valence-corrected chi connectivity index (χ4v) is 2.38. The summed E-state index contributed by atoms with van der Waals surface area (Å²) in [6, 6.07) is -0.0527. The monoisotopic (exact) mass is 270 g/mol. The number of urea groups is 1. The van der Waals surface area contributed by atoms with Crippen molar-refractivity contribution in [2.45, 2.75) is 39.2 Å². The molecule has 2 unspecified atom stereocenters. The Morgan fingerprint density at radius 3 is 2.74 bits per heavy atom. The smallest absolute Gasteiger partial charge is 0.321 e. The lowest BCUT2D eigenvalue weighted by Crippen LogP contribution is -2.45. The van der Waals surface area contributed by atoms with Gasteiger partial charge in [0, 0.05) is 19.1 Å². The lowest BCUT2D eigenvalue weighted by atomic mass is 10.1. The SMILES string of the molecule is CCCCNC(=O)NC(=O)CN1CC(CN)CC1C. The van der Waals surface area contributed by atoms with Crippen LogP contribution in [0.25, 0.3) is 0 Å². The Balaban J connectivity index is 2.25. The summed E-state index contributed by atoms with van der Waals surface area (Å²) in [4.78, 5) is 25.2. The van der Waals surface area contributed by atoms with E-state index in [9.17, 15) is 9.59 Å². The van der Waals surface area contributed by atoms with E-state index < -0.39 is 6.03 Å². The van der Waals surface area contributed by atoms with Crippen molar-refractivity contribution in [2.24, 2.45) is 11.7 Å². The van der Waals surface area contributed by atoms with E-state index in [0.29, 0.717) is 25.0 Å². The number of carbonyl (C=O) groups excluding carboxylic acids is 2. The number of nitrogens with two attached hydrogens (primary N) is 1. The molecule has 1 rings (SSSR count). The van der Waals surface area contributed by atoms with Crippen molar-refractivity contribution in [2.75, 3.05) is 26.2 Å². The van der Waals surface area contributed by atoms with Gasteiger partial charge in [-0.1, -0.05) is 13.3 Å². The molecule has 1 saturated heterocycles. The second-order valence-electron chi connectivity index (χ2n) is 5.27. The van der Waals surface area contributed by atoms with Crippen molar-refractivity contribution in [3.8, 4) is 0 Å². The van der Waals surface area contributed by atoms with Gasteiger partial charge >= 0.3 is 6.03 Å². The minimum atomic E-state index is -0.402. The maximum absolute atomic E-state index is 11.7. The predicted octanol–water partition coefficient (Wildman–Crippen LogP) is 0.281. The molecule has 4 N–H and O–H groups in total. The topological polar surface area (TPSA) is 87.5 Å². The largest absolute Gasteiger partial charge is 0.338 e. The summed E-state index contributed by atoms with van der Waals surface area (Å²) in [7, 11) is 0. The Kier molecular flexibility index (Phi) is 6.80. The molecule has 0 aromatic rings. The van der Waals surface area contributed by atoms with Crippen LogP contribution in [-0.4, -0.2) is 49.1 Å². The van der Waals surface area contributed by atoms with E-state index in [4.69, 9.17) is 5.73 Å². The maximum Gasteiger partial charge on any atom is 0.321 e. The highest BCUT2D eigenvalue weighted by Crippen LogP contribution is 2.21. The molecule has 0 saturated carbocycles. The minimum absolute atomic E-state index is 0.251. The molecule has 6 nitrogen and oxygen atoms in total. The van der Waals surface area contributed by atoms with Crippen LogP contribution in [0, 0.1) is 5.92 Å². The number of hydrogen-bond donors (Lipinski definition) is 3. The zero-order valence-corrected chi connectivity index (χ0v) is 11.9. The Morgan fingerprint density at radius 1 is 1.42 bits per heavy atom. The molecule has 1 fully saturated rings. The van der Waals surface area contributed by atoms with Crippen LogP contribution in [0.2, 0.25) is 0 Å². The second kappa shape index (κ2) is 8.12. The van der Waals surface area contributed by atoms with Crippen LogP contribution in [0.15, 0.2) is 0 Å². The van der Waals surface area contributed by atoms with Crippen LogP contribution in [0.5, 0.6) is 0 Å². The summed E-state index contributed by atoms with van der Waals surface area (Å²) in [5, 5.41) is 5.02. The first-order valence-corrected chi connectivity index (χ1v) is 7.08. The van der Waals surface area contributed by atoms with E-state index >= 15 is 0 Å². The molecule has 0 bridgehead atoms. The zero-order valence-electron chi connectivity index (χ0n) is 11.9. The molecule has 3 amide bonds. The molecular formula is C13H26N4O2. The fraction of sp³-hybridized carbons (Fsp3) is 0.846. The van der Waals surface area contributed by atoms with E-state index in [-0.39, 0.29) is 12.5 Å². The first kappa shape index (κ1) is 15.9. The Labute approximate surface area is 115 Å². The van der Waals surface area contributed by atoms with Crippen LogP contribution in [0.3, 0.4) is 0 Å². The predicted molar refractivity (Wildman–Crippen MR) is 74.6 cm³/mol. The van der Waals surface area contributed by atoms with Crippen molar-refractivity contribution in [3.05, 3.63) is 0 Å². The van der Waals surface area contributed by atoms with Gasteiger partial charge in [0.2, 0.25) is 5.91 Å². The van der Waals surface area contributed by atoms with Gasteiger partial charge in [0.25, 0.3) is 0 Å². The first-order chi connectivity index (χ1) is 9.06. The number of hydrogen-bond acceptors (Lipinski definition) is 4. The lowest BCUT2D eigenvalue weighted by molar-refractivity contribution is -0.121. The van der Waals surface area contributed by atoms with Gasteiger partial charge in [0.05, 0.1) is 6.54 Å². The van der Waals surface area contributed by atoms with Gasteiger partial charge in [-0.05, 0) is 32.2 Å². The van der Waals surface area contributed by atoms with Crippen molar-refractivity contribution in [3.63, 3.8) is 0 Å². The van der Waals surface area contributed by atoms with Crippen molar-refractivity contribution in [1.29, 1.82) is 0 Å². The first-order valence-electron chi connectivity index (χ1n) is 7.08. The van der Waals surface area contributed by atoms with E-state index in [0.717, 1.165) is 25.8 Å². The molecule has 0 aliphatic carbocycles. The van der Waals surface area contributed by atoms with Crippen molar-refractivity contribution >= 4 is 11.9 Å². The molecule has 0 radical (unpaired) electrons. The van der Waals surface area contributed by atoms with Crippen LogP contribution in [-0.2, 0) is 4.79 Å². The minimum Gasteiger partial charge on any atom is -0.338 e. The van der Waals surface area contributed by atoms with Crippen molar-refractivity contribution < 1.29 is 9.59 Å². The van der Waals surface area contributed by atoms with E-state index in [1.807, 2.05) is 6.92 Å². The van der Waals surface area contributed by atoms with Gasteiger partial charge in [0.1, 0.15) is 0 Å². The van der Waals surface area contributed by atoms with Crippen molar-refractivity contribution in [1.82, 2.24) is 15.5 Å². The third kappa shape index (κ3) is 5.57. The normalized spacial score (nSPS) is 23.3. The number of nitrogens with zero attached hydrogens (tertiary/aromatic N) is 1. The molecule has 0 aromatic heterocycles. The summed E-state index contributed by atoms with van der Waals surface area (Å²) < 4.78 is 0. The summed E-state index contributed by atoms with van der Waals surface area (Å²) >= 11 is 0. The Morgan fingerprint density at radius 2 is 2.16 bits per heavy atom. The molecule has 1 heterocycles. The average molecular weight is 270 g/mol. The van der Waals surface area contributed by atoms with Crippen LogP contribution in [0.4, 0.5) is 4.79 Å². The number of rotatable bonds is 6. The van der Waals surface area contributed by atoms with Gasteiger partial charge < -0.3 is 11.1 Å². The number of unbranched alkanes of at least 4 members (excludes halogenated alkanes) is 1. The van der Waals surface area contributed by atoms with Crippen LogP contribution >= 0.6 is 0 Å². The standard InChI is InChI=1S/C13H26N4O2/c1-3-4-5-15-13(19)16-12(18)9-17-8-11(7-14)6-10(17)2/h10-11H,3-9,14H2,1-2H3,(H2,15,16,18,19). The third-order valence-corrected chi connectivity index (χ3v) is 3.54. The molecule has 1 aliphatic rings. The highest BCUT2D eigenvalue weighted by Gasteiger charge is 2.29. The average Bonchev–Trinajstić information content (AvgIpc) is 2.70. The summed E-state index contributed by atoms with van der Waals surface area (Å²) in [6.07, 6.45) is 2.95. The van der Waals surface area contributed by atoms with Crippen LogP contribution < -0.4 is 16.4 Å². The molecule has 6 heteroatoms. The van der Waals surface area contributed by atoms with E-state index in [2.05, 4.69) is 22.5 Å². The summed E-state index contributed by atoms with van der Waals surface area (Å²) in [5.74, 6) is 0.208. The highest BCUT2D eigenvalue weighted by molar-refractivity contribution is 5.95. The lowest BCUT2D eigenvalue weighted by Gasteiger charge is -2.20. The molecule has 0 aromatic carbocycles. The second-order valence-corrected chi connectivity index (χ2v) is 5.27. The third-order valence-electron chi connectivity index (χ3n) is 3.54. The number of carbonyl (C=O) groups is 2. The van der Waals surface area contributed by atoms with Gasteiger partial charge in [-0.15, -0.1) is 0 Å². The van der Waals surface area contributed by atoms with Gasteiger partial charge in [0.15, 0.2) is 0 Å². The van der Waals surface area contributed by atoms with Gasteiger partial charge in [-0.2, -0.15) is 0 Å². The number of amides is 3. The number of likely N-dealkylation sites (tertiary alicyclic amines) is 1. The molecular weight excluding hydrogens is 244 g/mol. The summed E-state index contributed by atoms with van der Waals surface area (Å²) in [5.41, 5.74) is 5.65. The maximum atomic E-state index is 11.7.